The zero-order valence-corrected chi connectivity index (χ0v) is 7.69. The molecule has 2 nitrogen and oxygen atoms in total. The monoisotopic (exact) mass is 231 g/mol. The van der Waals surface area contributed by atoms with E-state index in [1.54, 1.807) is 12.1 Å². The smallest absolute Gasteiger partial charge is 0.182 e. The van der Waals surface area contributed by atoms with E-state index in [1.165, 1.54) is 6.39 Å². The third kappa shape index (κ3) is 1.14. The molecule has 0 bridgehead atoms. The second-order valence-electron chi connectivity index (χ2n) is 2.09. The summed E-state index contributed by atoms with van der Waals surface area (Å²) in [6.07, 6.45) is 1.39. The number of aromatic nitrogens is 1. The van der Waals surface area contributed by atoms with E-state index in [9.17, 15) is 0 Å². The molecule has 0 aliphatic rings. The maximum absolute atomic E-state index is 5.77. The van der Waals surface area contributed by atoms with Gasteiger partial charge in [-0.15, -0.1) is 0 Å². The van der Waals surface area contributed by atoms with Crippen LogP contribution < -0.4 is 0 Å². The van der Waals surface area contributed by atoms with Gasteiger partial charge in [0, 0.05) is 5.02 Å². The van der Waals surface area contributed by atoms with Crippen molar-refractivity contribution >= 4 is 38.6 Å². The highest BCUT2D eigenvalue weighted by atomic mass is 79.9. The number of oxazole rings is 1. The maximum atomic E-state index is 5.77. The van der Waals surface area contributed by atoms with Crippen LogP contribution in [0.2, 0.25) is 5.02 Å². The summed E-state index contributed by atoms with van der Waals surface area (Å²) in [4.78, 5) is 3.96. The molecule has 0 saturated carbocycles. The van der Waals surface area contributed by atoms with Crippen LogP contribution in [-0.4, -0.2) is 4.98 Å². The van der Waals surface area contributed by atoms with Crippen LogP contribution in [0.5, 0.6) is 0 Å². The summed E-state index contributed by atoms with van der Waals surface area (Å²) in [6.45, 7) is 0. The van der Waals surface area contributed by atoms with Crippen LogP contribution in [0.1, 0.15) is 0 Å². The van der Waals surface area contributed by atoms with Gasteiger partial charge in [0.1, 0.15) is 5.52 Å². The van der Waals surface area contributed by atoms with Crippen molar-refractivity contribution in [1.82, 2.24) is 4.98 Å². The van der Waals surface area contributed by atoms with Crippen molar-refractivity contribution in [3.8, 4) is 0 Å². The lowest BCUT2D eigenvalue weighted by Crippen LogP contribution is -1.70. The number of benzene rings is 1. The van der Waals surface area contributed by atoms with Crippen molar-refractivity contribution in [2.75, 3.05) is 0 Å². The van der Waals surface area contributed by atoms with E-state index in [0.29, 0.717) is 5.02 Å². The second-order valence-corrected chi connectivity index (χ2v) is 3.38. The number of hydrogen-bond acceptors (Lipinski definition) is 2. The molecule has 1 heterocycles. The molecule has 4 heteroatoms. The molecule has 0 fully saturated rings. The van der Waals surface area contributed by atoms with Gasteiger partial charge in [0.25, 0.3) is 0 Å². The molecule has 0 aliphatic heterocycles. The van der Waals surface area contributed by atoms with Crippen LogP contribution in [0.25, 0.3) is 11.1 Å². The van der Waals surface area contributed by atoms with Gasteiger partial charge in [-0.2, -0.15) is 0 Å². The summed E-state index contributed by atoms with van der Waals surface area (Å²) in [5.74, 6) is 0. The molecule has 0 aliphatic carbocycles. The van der Waals surface area contributed by atoms with Crippen LogP contribution in [0, 0.1) is 0 Å². The number of nitrogens with zero attached hydrogens (tertiary/aromatic N) is 1. The molecule has 2 rings (SSSR count). The maximum Gasteiger partial charge on any atom is 0.182 e. The topological polar surface area (TPSA) is 26.0 Å². The Morgan fingerprint density at radius 1 is 1.45 bits per heavy atom. The molecular formula is C7H3BrClNO. The molecule has 0 atom stereocenters. The van der Waals surface area contributed by atoms with Crippen molar-refractivity contribution in [2.45, 2.75) is 0 Å². The van der Waals surface area contributed by atoms with Gasteiger partial charge in [-0.1, -0.05) is 11.6 Å². The minimum absolute atomic E-state index is 0.651. The first kappa shape index (κ1) is 7.13. The van der Waals surface area contributed by atoms with Crippen LogP contribution in [0.4, 0.5) is 0 Å². The Bertz CT molecular complexity index is 398. The van der Waals surface area contributed by atoms with Gasteiger partial charge < -0.3 is 4.42 Å². The first-order chi connectivity index (χ1) is 5.27. The van der Waals surface area contributed by atoms with E-state index in [1.807, 2.05) is 0 Å². The van der Waals surface area contributed by atoms with E-state index in [-0.39, 0.29) is 0 Å². The molecule has 0 amide bonds. The van der Waals surface area contributed by atoms with Gasteiger partial charge in [0.15, 0.2) is 12.0 Å². The van der Waals surface area contributed by atoms with Crippen molar-refractivity contribution in [3.63, 3.8) is 0 Å². The van der Waals surface area contributed by atoms with E-state index in [2.05, 4.69) is 20.9 Å². The van der Waals surface area contributed by atoms with E-state index in [0.717, 1.165) is 15.6 Å². The van der Waals surface area contributed by atoms with Gasteiger partial charge in [-0.3, -0.25) is 0 Å². The third-order valence-corrected chi connectivity index (χ3v) is 2.16. The van der Waals surface area contributed by atoms with E-state index < -0.39 is 0 Å². The van der Waals surface area contributed by atoms with Crippen molar-refractivity contribution in [3.05, 3.63) is 28.0 Å². The predicted octanol–water partition coefficient (Wildman–Crippen LogP) is 3.24. The fourth-order valence-corrected chi connectivity index (χ4v) is 1.78. The molecule has 1 aromatic carbocycles. The molecule has 0 saturated heterocycles. The molecular weight excluding hydrogens is 229 g/mol. The summed E-state index contributed by atoms with van der Waals surface area (Å²) >= 11 is 9.08. The summed E-state index contributed by atoms with van der Waals surface area (Å²) in [7, 11) is 0. The second kappa shape index (κ2) is 2.50. The average Bonchev–Trinajstić information content (AvgIpc) is 2.34. The lowest BCUT2D eigenvalue weighted by atomic mass is 10.3. The number of fused-ring (bicyclic) bond motifs is 1. The van der Waals surface area contributed by atoms with Crippen LogP contribution in [0.3, 0.4) is 0 Å². The summed E-state index contributed by atoms with van der Waals surface area (Å²) in [5, 5.41) is 0.651. The highest BCUT2D eigenvalue weighted by Gasteiger charge is 2.03. The van der Waals surface area contributed by atoms with Crippen LogP contribution in [-0.2, 0) is 0 Å². The zero-order chi connectivity index (χ0) is 7.84. The fourth-order valence-electron chi connectivity index (χ4n) is 0.895. The summed E-state index contributed by atoms with van der Waals surface area (Å²) in [6, 6.07) is 3.53. The third-order valence-electron chi connectivity index (χ3n) is 1.35. The molecule has 0 spiro atoms. The van der Waals surface area contributed by atoms with Gasteiger partial charge in [0.2, 0.25) is 0 Å². The highest BCUT2D eigenvalue weighted by Crippen LogP contribution is 2.26. The Hall–Kier alpha value is -0.540. The first-order valence-corrected chi connectivity index (χ1v) is 4.13. The van der Waals surface area contributed by atoms with Crippen molar-refractivity contribution in [1.29, 1.82) is 0 Å². The molecule has 0 radical (unpaired) electrons. The molecule has 0 N–H and O–H groups in total. The Kier molecular flexibility index (Phi) is 1.62. The van der Waals surface area contributed by atoms with Gasteiger partial charge in [0.05, 0.1) is 4.47 Å². The van der Waals surface area contributed by atoms with E-state index in [4.69, 9.17) is 16.0 Å². The van der Waals surface area contributed by atoms with Crippen molar-refractivity contribution in [2.24, 2.45) is 0 Å². The number of halogens is 2. The van der Waals surface area contributed by atoms with Crippen LogP contribution >= 0.6 is 27.5 Å². The Labute approximate surface area is 76.3 Å². The SMILES string of the molecule is Clc1cc(Br)c2ocnc2c1. The van der Waals surface area contributed by atoms with E-state index >= 15 is 0 Å². The van der Waals surface area contributed by atoms with Gasteiger partial charge >= 0.3 is 0 Å². The minimum atomic E-state index is 0.651. The molecule has 11 heavy (non-hydrogen) atoms. The lowest BCUT2D eigenvalue weighted by Gasteiger charge is -1.91. The lowest BCUT2D eigenvalue weighted by molar-refractivity contribution is 0.600. The zero-order valence-electron chi connectivity index (χ0n) is 5.34. The average molecular weight is 232 g/mol. The largest absolute Gasteiger partial charge is 0.442 e. The normalized spacial score (nSPS) is 10.7. The highest BCUT2D eigenvalue weighted by molar-refractivity contribution is 9.10. The number of hydrogen-bond donors (Lipinski definition) is 0. The Balaban J connectivity index is 2.91. The first-order valence-electron chi connectivity index (χ1n) is 2.95. The predicted molar refractivity (Wildman–Crippen MR) is 46.7 cm³/mol. The molecule has 56 valence electrons. The standard InChI is InChI=1S/C7H3BrClNO/c8-5-1-4(9)2-6-7(5)11-3-10-6/h1-3H. The molecule has 0 unspecified atom stereocenters. The van der Waals surface area contributed by atoms with Crippen molar-refractivity contribution < 1.29 is 4.42 Å². The molecule has 2 aromatic rings. The minimum Gasteiger partial charge on any atom is -0.442 e. The summed E-state index contributed by atoms with van der Waals surface area (Å²) in [5.41, 5.74) is 1.50. The summed E-state index contributed by atoms with van der Waals surface area (Å²) < 4.78 is 5.92. The van der Waals surface area contributed by atoms with Gasteiger partial charge in [-0.05, 0) is 28.1 Å². The Morgan fingerprint density at radius 2 is 2.27 bits per heavy atom. The van der Waals surface area contributed by atoms with Crippen LogP contribution in [0.15, 0.2) is 27.4 Å². The Morgan fingerprint density at radius 3 is 3.09 bits per heavy atom. The number of rotatable bonds is 0. The fraction of sp³-hybridized carbons (Fsp3) is 0. The quantitative estimate of drug-likeness (QED) is 0.697. The molecule has 1 aromatic heterocycles. The van der Waals surface area contributed by atoms with Gasteiger partial charge in [-0.25, -0.2) is 4.98 Å².